The second-order valence-corrected chi connectivity index (χ2v) is 4.94. The molecule has 0 heterocycles. The van der Waals surface area contributed by atoms with E-state index in [2.05, 4.69) is 16.9 Å². The Balaban J connectivity index is 2.47. The van der Waals surface area contributed by atoms with Crippen LogP contribution in [0.3, 0.4) is 0 Å². The van der Waals surface area contributed by atoms with Gasteiger partial charge in [-0.25, -0.2) is 0 Å². The van der Waals surface area contributed by atoms with E-state index in [-0.39, 0.29) is 12.0 Å². The summed E-state index contributed by atoms with van der Waals surface area (Å²) < 4.78 is 10.2. The molecule has 0 aromatic rings. The van der Waals surface area contributed by atoms with Crippen molar-refractivity contribution in [3.63, 3.8) is 0 Å². The average molecular weight is 257 g/mol. The van der Waals surface area contributed by atoms with Crippen molar-refractivity contribution in [3.05, 3.63) is 12.2 Å². The molecule has 1 aliphatic carbocycles. The molecule has 1 unspecified atom stereocenters. The third kappa shape index (κ3) is 3.80. The smallest absolute Gasteiger partial charge is 0.325 e. The number of rotatable bonds is 6. The van der Waals surface area contributed by atoms with Crippen molar-refractivity contribution in [3.8, 4) is 0 Å². The summed E-state index contributed by atoms with van der Waals surface area (Å²) in [5.74, 6) is -0.482. The number of aliphatic hydroxyl groups excluding tert-OH is 1. The highest BCUT2D eigenvalue weighted by Crippen LogP contribution is 2.32. The normalized spacial score (nSPS) is 26.7. The summed E-state index contributed by atoms with van der Waals surface area (Å²) in [6.45, 7) is 2.22. The van der Waals surface area contributed by atoms with Crippen molar-refractivity contribution >= 4 is 5.97 Å². The van der Waals surface area contributed by atoms with Crippen molar-refractivity contribution in [2.75, 3.05) is 20.3 Å². The number of hydrogen-bond acceptors (Lipinski definition) is 5. The third-order valence-electron chi connectivity index (χ3n) is 3.53. The fourth-order valence-electron chi connectivity index (χ4n) is 2.00. The van der Waals surface area contributed by atoms with E-state index in [0.29, 0.717) is 6.61 Å². The standard InChI is InChI=1S/C13H23NO4/c1-10(11(14)12(16)17-2)18-9-13(8-15)6-4-3-5-7-13/h3-4,10-11,15H,5-9,14H2,1-2H3/t10-,11+,13?/m1/s1. The number of aliphatic hydroxyl groups is 1. The van der Waals surface area contributed by atoms with Crippen molar-refractivity contribution in [1.82, 2.24) is 0 Å². The lowest BCUT2D eigenvalue weighted by atomic mass is 9.78. The minimum Gasteiger partial charge on any atom is -0.468 e. The molecule has 1 rings (SSSR count). The van der Waals surface area contributed by atoms with Crippen LogP contribution in [-0.2, 0) is 14.3 Å². The van der Waals surface area contributed by atoms with Gasteiger partial charge < -0.3 is 20.3 Å². The first-order valence-electron chi connectivity index (χ1n) is 6.25. The molecule has 0 aromatic carbocycles. The minimum atomic E-state index is -0.787. The maximum Gasteiger partial charge on any atom is 0.325 e. The van der Waals surface area contributed by atoms with Crippen LogP contribution in [0.1, 0.15) is 26.2 Å². The first-order valence-corrected chi connectivity index (χ1v) is 6.25. The van der Waals surface area contributed by atoms with Gasteiger partial charge in [0.1, 0.15) is 6.04 Å². The Labute approximate surface area is 108 Å². The van der Waals surface area contributed by atoms with E-state index >= 15 is 0 Å². The zero-order valence-corrected chi connectivity index (χ0v) is 11.1. The average Bonchev–Trinajstić information content (AvgIpc) is 2.44. The molecule has 5 nitrogen and oxygen atoms in total. The van der Waals surface area contributed by atoms with Crippen molar-refractivity contribution in [2.45, 2.75) is 38.3 Å². The quantitative estimate of drug-likeness (QED) is 0.538. The Morgan fingerprint density at radius 1 is 1.56 bits per heavy atom. The summed E-state index contributed by atoms with van der Waals surface area (Å²) >= 11 is 0. The van der Waals surface area contributed by atoms with E-state index in [1.807, 2.05) is 0 Å². The molecule has 0 amide bonds. The molecule has 0 aliphatic heterocycles. The number of ether oxygens (including phenoxy) is 2. The first-order chi connectivity index (χ1) is 8.54. The molecule has 3 N–H and O–H groups in total. The van der Waals surface area contributed by atoms with Crippen LogP contribution in [0.2, 0.25) is 0 Å². The zero-order chi connectivity index (χ0) is 13.6. The van der Waals surface area contributed by atoms with Crippen LogP contribution in [0, 0.1) is 5.41 Å². The molecule has 0 fully saturated rings. The molecule has 18 heavy (non-hydrogen) atoms. The lowest BCUT2D eigenvalue weighted by Crippen LogP contribution is -2.44. The summed E-state index contributed by atoms with van der Waals surface area (Å²) in [4.78, 5) is 11.3. The van der Waals surface area contributed by atoms with Gasteiger partial charge in [-0.2, -0.15) is 0 Å². The van der Waals surface area contributed by atoms with Crippen molar-refractivity contribution < 1.29 is 19.4 Å². The highest BCUT2D eigenvalue weighted by atomic mass is 16.5. The van der Waals surface area contributed by atoms with Gasteiger partial charge in [0.25, 0.3) is 0 Å². The molecular formula is C13H23NO4. The molecule has 0 saturated heterocycles. The zero-order valence-electron chi connectivity index (χ0n) is 11.1. The summed E-state index contributed by atoms with van der Waals surface area (Å²) in [7, 11) is 1.30. The monoisotopic (exact) mass is 257 g/mol. The van der Waals surface area contributed by atoms with Gasteiger partial charge in [0, 0.05) is 5.41 Å². The van der Waals surface area contributed by atoms with Crippen LogP contribution in [0.25, 0.3) is 0 Å². The number of hydrogen-bond donors (Lipinski definition) is 2. The molecule has 5 heteroatoms. The largest absolute Gasteiger partial charge is 0.468 e. The van der Waals surface area contributed by atoms with E-state index in [0.717, 1.165) is 19.3 Å². The predicted octanol–water partition coefficient (Wildman–Crippen LogP) is 0.611. The Morgan fingerprint density at radius 2 is 2.28 bits per heavy atom. The Hall–Kier alpha value is -0.910. The highest BCUT2D eigenvalue weighted by molar-refractivity contribution is 5.75. The summed E-state index contributed by atoms with van der Waals surface area (Å²) in [6.07, 6.45) is 6.38. The molecule has 0 aromatic heterocycles. The van der Waals surface area contributed by atoms with Gasteiger partial charge in [-0.1, -0.05) is 12.2 Å². The van der Waals surface area contributed by atoms with Crippen LogP contribution >= 0.6 is 0 Å². The number of methoxy groups -OCH3 is 1. The summed E-state index contributed by atoms with van der Waals surface area (Å²) in [6, 6.07) is -0.787. The Morgan fingerprint density at radius 3 is 2.78 bits per heavy atom. The maximum absolute atomic E-state index is 11.3. The number of esters is 1. The third-order valence-corrected chi connectivity index (χ3v) is 3.53. The molecule has 1 aliphatic rings. The van der Waals surface area contributed by atoms with Crippen molar-refractivity contribution in [1.29, 1.82) is 0 Å². The topological polar surface area (TPSA) is 81.8 Å². The second-order valence-electron chi connectivity index (χ2n) is 4.94. The molecule has 0 spiro atoms. The Kier molecular flexibility index (Phi) is 5.78. The number of allylic oxidation sites excluding steroid dienone is 2. The number of carbonyl (C=O) groups excluding carboxylic acids is 1. The molecule has 0 bridgehead atoms. The lowest BCUT2D eigenvalue weighted by Gasteiger charge is -2.34. The molecular weight excluding hydrogens is 234 g/mol. The second kappa shape index (κ2) is 6.87. The van der Waals surface area contributed by atoms with Crippen LogP contribution in [0.5, 0.6) is 0 Å². The lowest BCUT2D eigenvalue weighted by molar-refractivity contribution is -0.146. The summed E-state index contributed by atoms with van der Waals surface area (Å²) in [5, 5.41) is 9.51. The van der Waals surface area contributed by atoms with E-state index < -0.39 is 18.1 Å². The molecule has 104 valence electrons. The van der Waals surface area contributed by atoms with Gasteiger partial charge in [0.05, 0.1) is 26.4 Å². The fraction of sp³-hybridized carbons (Fsp3) is 0.769. The minimum absolute atomic E-state index is 0.0809. The predicted molar refractivity (Wildman–Crippen MR) is 67.9 cm³/mol. The van der Waals surface area contributed by atoms with Gasteiger partial charge in [-0.15, -0.1) is 0 Å². The van der Waals surface area contributed by atoms with Crippen LogP contribution in [0.4, 0.5) is 0 Å². The van der Waals surface area contributed by atoms with Gasteiger partial charge in [-0.05, 0) is 26.2 Å². The molecule has 3 atom stereocenters. The number of carbonyl (C=O) groups is 1. The van der Waals surface area contributed by atoms with E-state index in [1.165, 1.54) is 7.11 Å². The first kappa shape index (κ1) is 15.1. The highest BCUT2D eigenvalue weighted by Gasteiger charge is 2.32. The van der Waals surface area contributed by atoms with E-state index in [9.17, 15) is 9.90 Å². The molecule has 0 radical (unpaired) electrons. The molecule has 0 saturated carbocycles. The van der Waals surface area contributed by atoms with E-state index in [4.69, 9.17) is 10.5 Å². The van der Waals surface area contributed by atoms with Gasteiger partial charge in [0.2, 0.25) is 0 Å². The van der Waals surface area contributed by atoms with Crippen LogP contribution in [0.15, 0.2) is 12.2 Å². The van der Waals surface area contributed by atoms with Gasteiger partial charge in [-0.3, -0.25) is 4.79 Å². The maximum atomic E-state index is 11.3. The SMILES string of the molecule is COC(=O)[C@@H](N)[C@@H](C)OCC1(CO)CC=CCC1. The van der Waals surface area contributed by atoms with Crippen LogP contribution in [-0.4, -0.2) is 43.5 Å². The fourth-order valence-corrected chi connectivity index (χ4v) is 2.00. The van der Waals surface area contributed by atoms with Crippen molar-refractivity contribution in [2.24, 2.45) is 11.1 Å². The summed E-state index contributed by atoms with van der Waals surface area (Å²) in [5.41, 5.74) is 5.46. The number of nitrogens with two attached hydrogens (primary N) is 1. The van der Waals surface area contributed by atoms with Crippen LogP contribution < -0.4 is 5.73 Å². The van der Waals surface area contributed by atoms with Gasteiger partial charge >= 0.3 is 5.97 Å². The van der Waals surface area contributed by atoms with E-state index in [1.54, 1.807) is 6.92 Å². The Bertz CT molecular complexity index is 305. The van der Waals surface area contributed by atoms with Gasteiger partial charge in [0.15, 0.2) is 0 Å².